The van der Waals surface area contributed by atoms with E-state index in [0.717, 1.165) is 60.8 Å². The van der Waals surface area contributed by atoms with Gasteiger partial charge in [-0.3, -0.25) is 0 Å². The molecular weight excluding hydrogens is 421 g/mol. The van der Waals surface area contributed by atoms with Crippen LogP contribution in [0.3, 0.4) is 0 Å². The lowest BCUT2D eigenvalue weighted by atomic mass is 9.73. The van der Waals surface area contributed by atoms with Crippen molar-refractivity contribution in [1.82, 2.24) is 14.6 Å². The molecule has 2 saturated heterocycles. The van der Waals surface area contributed by atoms with Gasteiger partial charge in [0, 0.05) is 30.1 Å². The Morgan fingerprint density at radius 3 is 2.67 bits per heavy atom. The molecule has 4 heterocycles. The van der Waals surface area contributed by atoms with Crippen LogP contribution in [0.2, 0.25) is 10.0 Å². The monoisotopic (exact) mass is 445 g/mol. The normalized spacial score (nSPS) is 23.6. The highest BCUT2D eigenvalue weighted by atomic mass is 35.5. The molecule has 0 amide bonds. The maximum atomic E-state index is 6.52. The number of aromatic nitrogens is 3. The van der Waals surface area contributed by atoms with Crippen LogP contribution in [-0.4, -0.2) is 46.4 Å². The van der Waals surface area contributed by atoms with Gasteiger partial charge in [0.15, 0.2) is 5.82 Å². The van der Waals surface area contributed by atoms with Crippen LogP contribution in [0.1, 0.15) is 25.5 Å². The first-order chi connectivity index (χ1) is 14.4. The number of nitrogens with zero attached hydrogens (tertiary/aromatic N) is 4. The largest absolute Gasteiger partial charge is 0.376 e. The van der Waals surface area contributed by atoms with Gasteiger partial charge in [-0.1, -0.05) is 35.3 Å². The van der Waals surface area contributed by atoms with E-state index in [1.54, 1.807) is 12.3 Å². The Kier molecular flexibility index (Phi) is 4.93. The smallest absolute Gasteiger partial charge is 0.155 e. The van der Waals surface area contributed by atoms with Crippen LogP contribution < -0.4 is 10.6 Å². The van der Waals surface area contributed by atoms with Crippen LogP contribution in [0.15, 0.2) is 30.5 Å². The Bertz CT molecular complexity index is 1110. The molecule has 0 radical (unpaired) electrons. The molecule has 2 atom stereocenters. The minimum absolute atomic E-state index is 0.0791. The minimum atomic E-state index is 0.0791. The van der Waals surface area contributed by atoms with E-state index in [-0.39, 0.29) is 17.6 Å². The number of benzene rings is 1. The number of hydrogen-bond acceptors (Lipinski definition) is 5. The number of ether oxygens (including phenoxy) is 1. The molecule has 5 rings (SSSR count). The van der Waals surface area contributed by atoms with Gasteiger partial charge in [-0.15, -0.1) is 0 Å². The number of nitrogens with two attached hydrogens (primary N) is 1. The molecule has 30 heavy (non-hydrogen) atoms. The van der Waals surface area contributed by atoms with Gasteiger partial charge in [0.25, 0.3) is 0 Å². The summed E-state index contributed by atoms with van der Waals surface area (Å²) in [6.07, 6.45) is 3.93. The van der Waals surface area contributed by atoms with E-state index < -0.39 is 0 Å². The second-order valence-corrected chi connectivity index (χ2v) is 9.28. The highest BCUT2D eigenvalue weighted by Crippen LogP contribution is 2.43. The number of rotatable bonds is 2. The second kappa shape index (κ2) is 7.38. The predicted molar refractivity (Wildman–Crippen MR) is 120 cm³/mol. The molecule has 8 heteroatoms. The van der Waals surface area contributed by atoms with E-state index in [1.807, 2.05) is 29.6 Å². The van der Waals surface area contributed by atoms with Crippen LogP contribution >= 0.6 is 23.2 Å². The van der Waals surface area contributed by atoms with Crippen LogP contribution in [-0.2, 0) is 4.74 Å². The van der Waals surface area contributed by atoms with Crippen molar-refractivity contribution in [3.05, 3.63) is 46.2 Å². The number of aryl methyl sites for hydroxylation is 1. The fraction of sp³-hybridized carbons (Fsp3) is 0.455. The van der Waals surface area contributed by atoms with E-state index in [0.29, 0.717) is 10.0 Å². The lowest BCUT2D eigenvalue weighted by Crippen LogP contribution is -2.50. The average molecular weight is 446 g/mol. The maximum absolute atomic E-state index is 6.52. The highest BCUT2D eigenvalue weighted by Gasteiger charge is 2.47. The zero-order valence-electron chi connectivity index (χ0n) is 17.1. The van der Waals surface area contributed by atoms with E-state index >= 15 is 0 Å². The summed E-state index contributed by atoms with van der Waals surface area (Å²) in [6.45, 7) is 6.61. The topological polar surface area (TPSA) is 68.7 Å². The fourth-order valence-electron chi connectivity index (χ4n) is 4.94. The van der Waals surface area contributed by atoms with E-state index in [2.05, 4.69) is 16.9 Å². The lowest BCUT2D eigenvalue weighted by Gasteiger charge is -2.41. The van der Waals surface area contributed by atoms with Crippen molar-refractivity contribution in [3.63, 3.8) is 0 Å². The van der Waals surface area contributed by atoms with E-state index in [4.69, 9.17) is 38.7 Å². The summed E-state index contributed by atoms with van der Waals surface area (Å²) in [5.74, 6) is 0.947. The third-order valence-electron chi connectivity index (χ3n) is 6.81. The SMILES string of the molecule is Cc1nc(N2CCC3(CC2)CO[C@@H](C)C3N)c2ccnn2c1-c1cccc(Cl)c1Cl. The fourth-order valence-corrected chi connectivity index (χ4v) is 5.33. The third-order valence-corrected chi connectivity index (χ3v) is 7.63. The van der Waals surface area contributed by atoms with Crippen molar-refractivity contribution < 1.29 is 4.74 Å². The molecular formula is C22H25Cl2N5O. The Morgan fingerprint density at radius 2 is 1.97 bits per heavy atom. The van der Waals surface area contributed by atoms with Crippen molar-refractivity contribution in [2.75, 3.05) is 24.6 Å². The minimum Gasteiger partial charge on any atom is -0.376 e. The summed E-state index contributed by atoms with van der Waals surface area (Å²) in [6, 6.07) is 7.72. The number of fused-ring (bicyclic) bond motifs is 1. The van der Waals surface area contributed by atoms with E-state index in [9.17, 15) is 0 Å². The Morgan fingerprint density at radius 1 is 1.20 bits per heavy atom. The van der Waals surface area contributed by atoms with Gasteiger partial charge in [-0.05, 0) is 38.8 Å². The summed E-state index contributed by atoms with van der Waals surface area (Å²) < 4.78 is 7.79. The maximum Gasteiger partial charge on any atom is 0.155 e. The van der Waals surface area contributed by atoms with Crippen LogP contribution in [0.25, 0.3) is 16.8 Å². The highest BCUT2D eigenvalue weighted by molar-refractivity contribution is 6.43. The Labute approximate surface area is 185 Å². The molecule has 158 valence electrons. The number of hydrogen-bond donors (Lipinski definition) is 1. The summed E-state index contributed by atoms with van der Waals surface area (Å²) in [4.78, 5) is 7.34. The van der Waals surface area contributed by atoms with Gasteiger partial charge < -0.3 is 15.4 Å². The van der Waals surface area contributed by atoms with Gasteiger partial charge in [0.1, 0.15) is 5.52 Å². The standard InChI is InChI=1S/C22H25Cl2N5O/c1-13-19(15-4-3-5-16(23)18(15)24)29-17(6-9-26-29)21(27-13)28-10-7-22(8-11-28)12-30-14(2)20(22)25/h3-6,9,14,20H,7-8,10-12,25H2,1-2H3/t14-,20?/m0/s1. The molecule has 2 aromatic heterocycles. The zero-order valence-corrected chi connectivity index (χ0v) is 18.6. The van der Waals surface area contributed by atoms with Crippen LogP contribution in [0.4, 0.5) is 5.82 Å². The second-order valence-electron chi connectivity index (χ2n) is 8.49. The number of halogens is 2. The predicted octanol–water partition coefficient (Wildman–Crippen LogP) is 4.34. The third kappa shape index (κ3) is 3.01. The molecule has 1 spiro atoms. The summed E-state index contributed by atoms with van der Waals surface area (Å²) >= 11 is 12.8. The lowest BCUT2D eigenvalue weighted by molar-refractivity contribution is 0.0974. The number of piperidine rings is 1. The number of anilines is 1. The van der Waals surface area contributed by atoms with Crippen LogP contribution in [0, 0.1) is 12.3 Å². The van der Waals surface area contributed by atoms with E-state index in [1.165, 1.54) is 0 Å². The van der Waals surface area contributed by atoms with Gasteiger partial charge in [-0.25, -0.2) is 9.50 Å². The van der Waals surface area contributed by atoms with Crippen molar-refractivity contribution in [1.29, 1.82) is 0 Å². The van der Waals surface area contributed by atoms with Crippen molar-refractivity contribution >= 4 is 34.5 Å². The first-order valence-electron chi connectivity index (χ1n) is 10.3. The van der Waals surface area contributed by atoms with Gasteiger partial charge in [0.05, 0.1) is 40.3 Å². The Hall–Kier alpha value is -1.86. The first kappa shape index (κ1) is 20.1. The molecule has 2 aliphatic rings. The van der Waals surface area contributed by atoms with Crippen molar-refractivity contribution in [2.24, 2.45) is 11.1 Å². The van der Waals surface area contributed by atoms with Gasteiger partial charge in [-0.2, -0.15) is 5.10 Å². The van der Waals surface area contributed by atoms with Gasteiger partial charge in [0.2, 0.25) is 0 Å². The average Bonchev–Trinajstić information content (AvgIpc) is 3.32. The summed E-state index contributed by atoms with van der Waals surface area (Å²) in [5.41, 5.74) is 10.1. The molecule has 2 fully saturated rings. The molecule has 3 aromatic rings. The molecule has 1 unspecified atom stereocenters. The summed E-state index contributed by atoms with van der Waals surface area (Å²) in [7, 11) is 0. The zero-order chi connectivity index (χ0) is 21.0. The quantitative estimate of drug-likeness (QED) is 0.634. The van der Waals surface area contributed by atoms with Crippen molar-refractivity contribution in [3.8, 4) is 11.3 Å². The van der Waals surface area contributed by atoms with Gasteiger partial charge >= 0.3 is 0 Å². The first-order valence-corrected chi connectivity index (χ1v) is 11.1. The molecule has 2 N–H and O–H groups in total. The molecule has 0 aliphatic carbocycles. The molecule has 0 saturated carbocycles. The molecule has 2 aliphatic heterocycles. The Balaban J connectivity index is 1.52. The molecule has 1 aromatic carbocycles. The summed E-state index contributed by atoms with van der Waals surface area (Å²) in [5, 5.41) is 5.61. The van der Waals surface area contributed by atoms with Crippen LogP contribution in [0.5, 0.6) is 0 Å². The van der Waals surface area contributed by atoms with Crippen molar-refractivity contribution in [2.45, 2.75) is 38.8 Å². The molecule has 6 nitrogen and oxygen atoms in total. The molecule has 0 bridgehead atoms.